The lowest BCUT2D eigenvalue weighted by Gasteiger charge is -2.31. The maximum Gasteiger partial charge on any atom is 0.263 e. The lowest BCUT2D eigenvalue weighted by atomic mass is 10.0. The molecule has 1 fully saturated rings. The van der Waals surface area contributed by atoms with Crippen LogP contribution in [0.1, 0.15) is 35.9 Å². The molecule has 0 radical (unpaired) electrons. The van der Waals surface area contributed by atoms with Crippen molar-refractivity contribution in [3.8, 4) is 0 Å². The molecular formula is C19H24ClN3O2S. The SMILES string of the molecule is CCCNC(=O)CN1CCC(NC(=O)c2sc3ccccc3c2Cl)CC1. The molecule has 0 bridgehead atoms. The summed E-state index contributed by atoms with van der Waals surface area (Å²) in [5, 5.41) is 7.47. The first kappa shape index (κ1) is 19.1. The molecule has 140 valence electrons. The van der Waals surface area contributed by atoms with Crippen LogP contribution in [-0.4, -0.2) is 48.9 Å². The summed E-state index contributed by atoms with van der Waals surface area (Å²) < 4.78 is 1.02. The summed E-state index contributed by atoms with van der Waals surface area (Å²) in [5.74, 6) is -0.0262. The van der Waals surface area contributed by atoms with Gasteiger partial charge in [0.25, 0.3) is 5.91 Å². The molecule has 7 heteroatoms. The zero-order chi connectivity index (χ0) is 18.5. The number of benzene rings is 1. The minimum atomic E-state index is -0.102. The van der Waals surface area contributed by atoms with Gasteiger partial charge in [-0.2, -0.15) is 0 Å². The van der Waals surface area contributed by atoms with Gasteiger partial charge in [0.1, 0.15) is 4.88 Å². The van der Waals surface area contributed by atoms with Crippen molar-refractivity contribution in [1.29, 1.82) is 0 Å². The van der Waals surface area contributed by atoms with E-state index in [4.69, 9.17) is 11.6 Å². The number of hydrogen-bond acceptors (Lipinski definition) is 4. The molecule has 3 rings (SSSR count). The van der Waals surface area contributed by atoms with E-state index >= 15 is 0 Å². The topological polar surface area (TPSA) is 61.4 Å². The third kappa shape index (κ3) is 4.55. The number of rotatable bonds is 6. The predicted molar refractivity (Wildman–Crippen MR) is 107 cm³/mol. The van der Waals surface area contributed by atoms with E-state index in [1.807, 2.05) is 31.2 Å². The van der Waals surface area contributed by atoms with Gasteiger partial charge < -0.3 is 10.6 Å². The van der Waals surface area contributed by atoms with Crippen LogP contribution >= 0.6 is 22.9 Å². The number of nitrogens with one attached hydrogen (secondary N) is 2. The number of hydrogen-bond donors (Lipinski definition) is 2. The normalized spacial score (nSPS) is 15.9. The van der Waals surface area contributed by atoms with Crippen molar-refractivity contribution in [3.05, 3.63) is 34.2 Å². The Hall–Kier alpha value is -1.63. The molecule has 5 nitrogen and oxygen atoms in total. The van der Waals surface area contributed by atoms with Gasteiger partial charge in [-0.05, 0) is 25.3 Å². The van der Waals surface area contributed by atoms with E-state index in [0.717, 1.165) is 49.0 Å². The van der Waals surface area contributed by atoms with Gasteiger partial charge in [0.2, 0.25) is 5.91 Å². The quantitative estimate of drug-likeness (QED) is 0.791. The molecular weight excluding hydrogens is 370 g/mol. The average molecular weight is 394 g/mol. The molecule has 1 aliphatic rings. The van der Waals surface area contributed by atoms with Crippen molar-refractivity contribution in [2.24, 2.45) is 0 Å². The fourth-order valence-electron chi connectivity index (χ4n) is 3.17. The van der Waals surface area contributed by atoms with Gasteiger partial charge in [0.15, 0.2) is 0 Å². The summed E-state index contributed by atoms with van der Waals surface area (Å²) in [5.41, 5.74) is 0. The molecule has 1 aromatic heterocycles. The second-order valence-corrected chi connectivity index (χ2v) is 8.05. The van der Waals surface area contributed by atoms with E-state index < -0.39 is 0 Å². The number of fused-ring (bicyclic) bond motifs is 1. The Bertz CT molecular complexity index is 784. The van der Waals surface area contributed by atoms with E-state index in [1.165, 1.54) is 11.3 Å². The Balaban J connectivity index is 1.52. The number of thiophene rings is 1. The minimum absolute atomic E-state index is 0.0754. The van der Waals surface area contributed by atoms with Crippen LogP contribution in [0.25, 0.3) is 10.1 Å². The Morgan fingerprint density at radius 2 is 2.00 bits per heavy atom. The van der Waals surface area contributed by atoms with Gasteiger partial charge >= 0.3 is 0 Å². The zero-order valence-electron chi connectivity index (χ0n) is 14.9. The number of halogens is 1. The van der Waals surface area contributed by atoms with Crippen LogP contribution in [0.15, 0.2) is 24.3 Å². The number of piperidine rings is 1. The maximum atomic E-state index is 12.6. The number of carbonyl (C=O) groups excluding carboxylic acids is 2. The molecule has 0 saturated carbocycles. The van der Waals surface area contributed by atoms with Crippen molar-refractivity contribution in [3.63, 3.8) is 0 Å². The maximum absolute atomic E-state index is 12.6. The third-order valence-electron chi connectivity index (χ3n) is 4.60. The second kappa shape index (κ2) is 8.84. The zero-order valence-corrected chi connectivity index (χ0v) is 16.5. The van der Waals surface area contributed by atoms with Gasteiger partial charge in [-0.25, -0.2) is 0 Å². The van der Waals surface area contributed by atoms with E-state index in [9.17, 15) is 9.59 Å². The third-order valence-corrected chi connectivity index (χ3v) is 6.28. The molecule has 2 heterocycles. The molecule has 26 heavy (non-hydrogen) atoms. The molecule has 2 amide bonds. The molecule has 0 aliphatic carbocycles. The van der Waals surface area contributed by atoms with Crippen molar-refractivity contribution >= 4 is 44.8 Å². The summed E-state index contributed by atoms with van der Waals surface area (Å²) >= 11 is 7.82. The second-order valence-electron chi connectivity index (χ2n) is 6.62. The minimum Gasteiger partial charge on any atom is -0.355 e. The molecule has 0 spiro atoms. The number of carbonyl (C=O) groups is 2. The fourth-order valence-corrected chi connectivity index (χ4v) is 4.59. The van der Waals surface area contributed by atoms with Crippen LogP contribution in [0.4, 0.5) is 0 Å². The van der Waals surface area contributed by atoms with Crippen molar-refractivity contribution in [2.45, 2.75) is 32.2 Å². The van der Waals surface area contributed by atoms with E-state index in [2.05, 4.69) is 15.5 Å². The average Bonchev–Trinajstić information content (AvgIpc) is 2.99. The van der Waals surface area contributed by atoms with Gasteiger partial charge in [-0.1, -0.05) is 36.7 Å². The Kier molecular flexibility index (Phi) is 6.51. The van der Waals surface area contributed by atoms with Crippen molar-refractivity contribution < 1.29 is 9.59 Å². The lowest BCUT2D eigenvalue weighted by Crippen LogP contribution is -2.47. The molecule has 2 aromatic rings. The molecule has 0 unspecified atom stereocenters. The number of likely N-dealkylation sites (tertiary alicyclic amines) is 1. The molecule has 1 saturated heterocycles. The van der Waals surface area contributed by atoms with Crippen LogP contribution in [-0.2, 0) is 4.79 Å². The van der Waals surface area contributed by atoms with E-state index in [-0.39, 0.29) is 17.9 Å². The summed E-state index contributed by atoms with van der Waals surface area (Å²) in [6.45, 7) is 4.82. The van der Waals surface area contributed by atoms with Crippen LogP contribution in [0.5, 0.6) is 0 Å². The highest BCUT2D eigenvalue weighted by molar-refractivity contribution is 7.21. The standard InChI is InChI=1S/C19H24ClN3O2S/c1-2-9-21-16(24)12-23-10-7-13(8-11-23)22-19(25)18-17(20)14-5-3-4-6-15(14)26-18/h3-6,13H,2,7-12H2,1H3,(H,21,24)(H,22,25). The summed E-state index contributed by atoms with van der Waals surface area (Å²) in [7, 11) is 0. The first-order valence-corrected chi connectivity index (χ1v) is 10.2. The van der Waals surface area contributed by atoms with Gasteiger partial charge in [0.05, 0.1) is 11.6 Å². The van der Waals surface area contributed by atoms with E-state index in [0.29, 0.717) is 16.4 Å². The highest BCUT2D eigenvalue weighted by Crippen LogP contribution is 2.35. The number of amides is 2. The van der Waals surface area contributed by atoms with Crippen LogP contribution in [0.3, 0.4) is 0 Å². The Labute approximate surface area is 162 Å². The van der Waals surface area contributed by atoms with Gasteiger partial charge in [-0.15, -0.1) is 11.3 Å². The summed E-state index contributed by atoms with van der Waals surface area (Å²) in [4.78, 5) is 27.1. The molecule has 2 N–H and O–H groups in total. The highest BCUT2D eigenvalue weighted by Gasteiger charge is 2.24. The summed E-state index contributed by atoms with van der Waals surface area (Å²) in [6, 6.07) is 7.91. The Morgan fingerprint density at radius 3 is 2.69 bits per heavy atom. The molecule has 1 aromatic carbocycles. The predicted octanol–water partition coefficient (Wildman–Crippen LogP) is 3.28. The molecule has 0 atom stereocenters. The summed E-state index contributed by atoms with van der Waals surface area (Å²) in [6.07, 6.45) is 2.63. The highest BCUT2D eigenvalue weighted by atomic mass is 35.5. The lowest BCUT2D eigenvalue weighted by molar-refractivity contribution is -0.122. The first-order chi connectivity index (χ1) is 12.6. The van der Waals surface area contributed by atoms with Crippen LogP contribution in [0.2, 0.25) is 5.02 Å². The van der Waals surface area contributed by atoms with Crippen molar-refractivity contribution in [2.75, 3.05) is 26.2 Å². The van der Waals surface area contributed by atoms with Crippen molar-refractivity contribution in [1.82, 2.24) is 15.5 Å². The molecule has 1 aliphatic heterocycles. The fraction of sp³-hybridized carbons (Fsp3) is 0.474. The van der Waals surface area contributed by atoms with Gasteiger partial charge in [0, 0.05) is 35.8 Å². The first-order valence-electron chi connectivity index (χ1n) is 9.05. The van der Waals surface area contributed by atoms with Crippen LogP contribution in [0, 0.1) is 0 Å². The van der Waals surface area contributed by atoms with E-state index in [1.54, 1.807) is 0 Å². The smallest absolute Gasteiger partial charge is 0.263 e. The number of nitrogens with zero attached hydrogens (tertiary/aromatic N) is 1. The Morgan fingerprint density at radius 1 is 1.27 bits per heavy atom. The van der Waals surface area contributed by atoms with Gasteiger partial charge in [-0.3, -0.25) is 14.5 Å². The van der Waals surface area contributed by atoms with Crippen LogP contribution < -0.4 is 10.6 Å². The monoisotopic (exact) mass is 393 g/mol. The largest absolute Gasteiger partial charge is 0.355 e.